The largest absolute Gasteiger partial charge is 0.308 e. The molecule has 162 valence electrons. The number of benzene rings is 2. The van der Waals surface area contributed by atoms with Crippen LogP contribution in [0.1, 0.15) is 45.2 Å². The summed E-state index contributed by atoms with van der Waals surface area (Å²) in [6, 6.07) is 27.2. The molecule has 2 N–H and O–H groups in total. The molecule has 4 atom stereocenters. The van der Waals surface area contributed by atoms with Crippen molar-refractivity contribution in [2.24, 2.45) is 0 Å². The highest BCUT2D eigenvalue weighted by atomic mass is 15.1. The van der Waals surface area contributed by atoms with Crippen LogP contribution in [0.2, 0.25) is 0 Å². The van der Waals surface area contributed by atoms with Gasteiger partial charge in [0.25, 0.3) is 0 Å². The van der Waals surface area contributed by atoms with Crippen molar-refractivity contribution in [3.63, 3.8) is 0 Å². The summed E-state index contributed by atoms with van der Waals surface area (Å²) in [5.41, 5.74) is 8.63. The van der Waals surface area contributed by atoms with Crippen LogP contribution in [0.5, 0.6) is 0 Å². The molecular weight excluding hydrogens is 404 g/mol. The summed E-state index contributed by atoms with van der Waals surface area (Å²) in [6.45, 7) is 1.64. The number of rotatable bonds is 6. The fourth-order valence-electron chi connectivity index (χ4n) is 6.97. The van der Waals surface area contributed by atoms with Crippen LogP contribution in [0.4, 0.5) is 0 Å². The number of pyridine rings is 2. The number of hydrogen-bond donors (Lipinski definition) is 2. The Balaban J connectivity index is 1.29. The van der Waals surface area contributed by atoms with Gasteiger partial charge in [0, 0.05) is 67.2 Å². The highest BCUT2D eigenvalue weighted by Gasteiger charge is 2.73. The molecule has 2 heterocycles. The van der Waals surface area contributed by atoms with Gasteiger partial charge in [0.1, 0.15) is 0 Å². The Morgan fingerprint density at radius 3 is 1.55 bits per heavy atom. The lowest BCUT2D eigenvalue weighted by molar-refractivity contribution is 0.294. The minimum Gasteiger partial charge on any atom is -0.308 e. The first-order valence-electron chi connectivity index (χ1n) is 11.8. The van der Waals surface area contributed by atoms with E-state index in [0.717, 1.165) is 13.1 Å². The monoisotopic (exact) mass is 430 g/mol. The third-order valence-electron chi connectivity index (χ3n) is 8.10. The molecule has 7 rings (SSSR count). The van der Waals surface area contributed by atoms with Gasteiger partial charge < -0.3 is 10.6 Å². The molecule has 0 bridgehead atoms. The highest BCUT2D eigenvalue weighted by Crippen LogP contribution is 2.75. The zero-order chi connectivity index (χ0) is 21.8. The van der Waals surface area contributed by atoms with E-state index in [0.29, 0.717) is 23.9 Å². The van der Waals surface area contributed by atoms with Crippen molar-refractivity contribution >= 4 is 0 Å². The second-order valence-electron chi connectivity index (χ2n) is 9.53. The number of nitrogens with one attached hydrogen (secondary N) is 2. The zero-order valence-electron chi connectivity index (χ0n) is 18.4. The number of nitrogens with zero attached hydrogens (tertiary/aromatic N) is 2. The predicted octanol–water partition coefficient (Wildman–Crippen LogP) is 4.29. The van der Waals surface area contributed by atoms with Crippen molar-refractivity contribution in [3.05, 3.63) is 131 Å². The standard InChI is InChI=1S/C29H26N4/c1-3-11-23-21(9-1)25-27(32-17-19-7-5-13-30-15-19)28(33-18-20-8-6-14-31-16-20)26-22-10-2-4-12-24(22)29(23,25)26/h1-16,25-28,32-33H,17-18H2. The van der Waals surface area contributed by atoms with Crippen LogP contribution in [0, 0.1) is 0 Å². The van der Waals surface area contributed by atoms with E-state index in [1.165, 1.54) is 33.4 Å². The molecule has 0 aliphatic heterocycles. The van der Waals surface area contributed by atoms with E-state index in [1.54, 1.807) is 0 Å². The molecule has 0 amide bonds. The van der Waals surface area contributed by atoms with E-state index in [4.69, 9.17) is 0 Å². The normalized spacial score (nSPS) is 28.0. The van der Waals surface area contributed by atoms with E-state index in [2.05, 4.69) is 81.3 Å². The topological polar surface area (TPSA) is 49.8 Å². The molecule has 1 fully saturated rings. The van der Waals surface area contributed by atoms with Crippen LogP contribution in [-0.4, -0.2) is 22.1 Å². The van der Waals surface area contributed by atoms with Gasteiger partial charge in [0.2, 0.25) is 0 Å². The Morgan fingerprint density at radius 2 is 1.09 bits per heavy atom. The smallest absolute Gasteiger partial charge is 0.0376 e. The SMILES string of the molecule is c1cncc(CNC2C(NCc3cccnc3)C3c4ccccc4C34c3ccccc3C24)c1. The Hall–Kier alpha value is -3.34. The maximum atomic E-state index is 4.32. The van der Waals surface area contributed by atoms with Crippen LogP contribution < -0.4 is 10.6 Å². The zero-order valence-corrected chi connectivity index (χ0v) is 18.4. The summed E-state index contributed by atoms with van der Waals surface area (Å²) in [5, 5.41) is 7.94. The summed E-state index contributed by atoms with van der Waals surface area (Å²) >= 11 is 0. The summed E-state index contributed by atoms with van der Waals surface area (Å²) in [4.78, 5) is 8.64. The molecular formula is C29H26N4. The lowest BCUT2D eigenvalue weighted by atomic mass is 9.43. The van der Waals surface area contributed by atoms with Crippen molar-refractivity contribution in [2.45, 2.75) is 42.4 Å². The van der Waals surface area contributed by atoms with Crippen LogP contribution >= 0.6 is 0 Å². The first-order chi connectivity index (χ1) is 16.4. The van der Waals surface area contributed by atoms with Gasteiger partial charge in [0.05, 0.1) is 0 Å². The molecule has 4 unspecified atom stereocenters. The summed E-state index contributed by atoms with van der Waals surface area (Å²) < 4.78 is 0. The van der Waals surface area contributed by atoms with Gasteiger partial charge in [-0.05, 0) is 45.5 Å². The molecule has 1 saturated carbocycles. The van der Waals surface area contributed by atoms with E-state index < -0.39 is 0 Å². The van der Waals surface area contributed by atoms with Crippen LogP contribution in [0.15, 0.2) is 97.6 Å². The number of hydrogen-bond acceptors (Lipinski definition) is 4. The third kappa shape index (κ3) is 2.59. The molecule has 4 nitrogen and oxygen atoms in total. The van der Waals surface area contributed by atoms with Crippen molar-refractivity contribution in [1.82, 2.24) is 20.6 Å². The van der Waals surface area contributed by atoms with Gasteiger partial charge in [-0.25, -0.2) is 0 Å². The van der Waals surface area contributed by atoms with Crippen molar-refractivity contribution in [2.75, 3.05) is 0 Å². The quantitative estimate of drug-likeness (QED) is 0.479. The summed E-state index contributed by atoms with van der Waals surface area (Å²) in [7, 11) is 0. The van der Waals surface area contributed by atoms with Crippen molar-refractivity contribution in [1.29, 1.82) is 0 Å². The first-order valence-corrected chi connectivity index (χ1v) is 11.8. The Morgan fingerprint density at radius 1 is 0.606 bits per heavy atom. The predicted molar refractivity (Wildman–Crippen MR) is 129 cm³/mol. The van der Waals surface area contributed by atoms with Crippen LogP contribution in [-0.2, 0) is 18.5 Å². The van der Waals surface area contributed by atoms with Crippen molar-refractivity contribution in [3.8, 4) is 0 Å². The van der Waals surface area contributed by atoms with E-state index in [1.807, 2.05) is 36.9 Å². The maximum absolute atomic E-state index is 4.32. The Labute approximate surface area is 194 Å². The maximum Gasteiger partial charge on any atom is 0.0376 e. The molecule has 4 heteroatoms. The lowest BCUT2D eigenvalue weighted by Crippen LogP contribution is -2.54. The van der Waals surface area contributed by atoms with E-state index in [-0.39, 0.29) is 5.41 Å². The molecule has 2 aromatic heterocycles. The van der Waals surface area contributed by atoms with Crippen LogP contribution in [0.3, 0.4) is 0 Å². The Bertz CT molecular complexity index is 1200. The Kier molecular flexibility index (Phi) is 4.26. The lowest BCUT2D eigenvalue weighted by Gasteiger charge is -2.59. The fraction of sp³-hybridized carbons (Fsp3) is 0.241. The van der Waals surface area contributed by atoms with E-state index >= 15 is 0 Å². The molecule has 33 heavy (non-hydrogen) atoms. The van der Waals surface area contributed by atoms with Gasteiger partial charge in [0.15, 0.2) is 0 Å². The minimum absolute atomic E-state index is 0.117. The molecule has 4 aromatic rings. The molecule has 1 spiro atoms. The number of aromatic nitrogens is 2. The average Bonchev–Trinajstić information content (AvgIpc) is 3.07. The highest BCUT2D eigenvalue weighted by molar-refractivity contribution is 5.72. The molecule has 0 saturated heterocycles. The second-order valence-corrected chi connectivity index (χ2v) is 9.53. The fourth-order valence-corrected chi connectivity index (χ4v) is 6.97. The molecule has 3 aliphatic carbocycles. The average molecular weight is 431 g/mol. The first kappa shape index (κ1) is 19.2. The van der Waals surface area contributed by atoms with Gasteiger partial charge in [-0.2, -0.15) is 0 Å². The summed E-state index contributed by atoms with van der Waals surface area (Å²) in [6.07, 6.45) is 7.61. The van der Waals surface area contributed by atoms with Gasteiger partial charge >= 0.3 is 0 Å². The number of fused-ring (bicyclic) bond motifs is 4. The van der Waals surface area contributed by atoms with Crippen molar-refractivity contribution < 1.29 is 0 Å². The van der Waals surface area contributed by atoms with E-state index in [9.17, 15) is 0 Å². The third-order valence-corrected chi connectivity index (χ3v) is 8.10. The second kappa shape index (κ2) is 7.34. The van der Waals surface area contributed by atoms with Gasteiger partial charge in [-0.15, -0.1) is 0 Å². The minimum atomic E-state index is 0.117. The van der Waals surface area contributed by atoms with Crippen LogP contribution in [0.25, 0.3) is 0 Å². The van der Waals surface area contributed by atoms with Gasteiger partial charge in [-0.1, -0.05) is 60.7 Å². The molecule has 3 aliphatic rings. The molecule has 2 aromatic carbocycles. The van der Waals surface area contributed by atoms with Gasteiger partial charge in [-0.3, -0.25) is 9.97 Å². The molecule has 0 radical (unpaired) electrons. The summed E-state index contributed by atoms with van der Waals surface area (Å²) in [5.74, 6) is 0.938.